The second kappa shape index (κ2) is 9.74. The molecule has 0 saturated carbocycles. The zero-order valence-corrected chi connectivity index (χ0v) is 21.2. The van der Waals surface area contributed by atoms with E-state index in [1.807, 2.05) is 20.8 Å². The van der Waals surface area contributed by atoms with E-state index in [9.17, 15) is 14.4 Å². The minimum atomic E-state index is -0.659. The van der Waals surface area contributed by atoms with Crippen LogP contribution in [0.5, 0.6) is 5.75 Å². The van der Waals surface area contributed by atoms with Crippen LogP contribution in [0.15, 0.2) is 65.3 Å². The molecule has 1 aliphatic rings. The van der Waals surface area contributed by atoms with Gasteiger partial charge in [0.15, 0.2) is 0 Å². The van der Waals surface area contributed by atoms with E-state index in [1.54, 1.807) is 36.4 Å². The summed E-state index contributed by atoms with van der Waals surface area (Å²) < 4.78 is 5.45. The molecule has 178 valence electrons. The van der Waals surface area contributed by atoms with Gasteiger partial charge in [0.2, 0.25) is 0 Å². The third-order valence-electron chi connectivity index (χ3n) is 5.45. The van der Waals surface area contributed by atoms with Gasteiger partial charge < -0.3 is 10.1 Å². The van der Waals surface area contributed by atoms with Crippen LogP contribution in [-0.2, 0) is 9.59 Å². The van der Waals surface area contributed by atoms with Crippen molar-refractivity contribution in [1.29, 1.82) is 0 Å². The number of rotatable bonds is 5. The zero-order chi connectivity index (χ0) is 25.4. The van der Waals surface area contributed by atoms with Gasteiger partial charge in [-0.25, -0.2) is 9.69 Å². The minimum Gasteiger partial charge on any atom is -0.423 e. The van der Waals surface area contributed by atoms with Crippen molar-refractivity contribution in [2.24, 2.45) is 0 Å². The summed E-state index contributed by atoms with van der Waals surface area (Å²) >= 11 is 18.5. The SMILES string of the molecule is Cc1ccc(N2C(=O)C(Cl)=C(Nc3ccc(C(=O)Oc4cc(C)c(Cl)c(C)c4)cc3)C2=O)cc1Cl. The fraction of sp³-hybridized carbons (Fsp3) is 0.115. The van der Waals surface area contributed by atoms with E-state index in [2.05, 4.69) is 5.32 Å². The number of hydrogen-bond acceptors (Lipinski definition) is 5. The summed E-state index contributed by atoms with van der Waals surface area (Å²) in [7, 11) is 0. The van der Waals surface area contributed by atoms with Gasteiger partial charge in [-0.15, -0.1) is 0 Å². The van der Waals surface area contributed by atoms with Gasteiger partial charge >= 0.3 is 5.97 Å². The Morgan fingerprint density at radius 1 is 0.829 bits per heavy atom. The molecule has 4 rings (SSSR count). The molecule has 0 spiro atoms. The molecule has 0 saturated heterocycles. The van der Waals surface area contributed by atoms with E-state index < -0.39 is 17.8 Å². The van der Waals surface area contributed by atoms with E-state index in [4.69, 9.17) is 39.5 Å². The number of ether oxygens (including phenoxy) is 1. The second-order valence-electron chi connectivity index (χ2n) is 8.03. The first-order valence-corrected chi connectivity index (χ1v) is 11.6. The van der Waals surface area contributed by atoms with Crippen molar-refractivity contribution in [2.45, 2.75) is 20.8 Å². The Labute approximate surface area is 217 Å². The monoisotopic (exact) mass is 528 g/mol. The third-order valence-corrected chi connectivity index (χ3v) is 6.81. The first-order valence-electron chi connectivity index (χ1n) is 10.5. The van der Waals surface area contributed by atoms with Crippen molar-refractivity contribution in [3.05, 3.63) is 97.6 Å². The Morgan fingerprint density at radius 2 is 1.46 bits per heavy atom. The molecule has 6 nitrogen and oxygen atoms in total. The highest BCUT2D eigenvalue weighted by Crippen LogP contribution is 2.32. The van der Waals surface area contributed by atoms with Crippen LogP contribution in [0.2, 0.25) is 10.0 Å². The molecule has 0 radical (unpaired) electrons. The number of hydrogen-bond donors (Lipinski definition) is 1. The predicted octanol–water partition coefficient (Wildman–Crippen LogP) is 6.57. The second-order valence-corrected chi connectivity index (χ2v) is 9.19. The lowest BCUT2D eigenvalue weighted by Gasteiger charge is -2.16. The molecule has 2 amide bonds. The van der Waals surface area contributed by atoms with Gasteiger partial charge in [0.25, 0.3) is 11.8 Å². The smallest absolute Gasteiger partial charge is 0.343 e. The van der Waals surface area contributed by atoms with Crippen LogP contribution >= 0.6 is 34.8 Å². The molecule has 3 aromatic carbocycles. The summed E-state index contributed by atoms with van der Waals surface area (Å²) in [5.74, 6) is -1.44. The summed E-state index contributed by atoms with van der Waals surface area (Å²) in [6.45, 7) is 5.47. The molecule has 0 fully saturated rings. The first kappa shape index (κ1) is 24.8. The zero-order valence-electron chi connectivity index (χ0n) is 18.9. The Morgan fingerprint density at radius 3 is 2.06 bits per heavy atom. The van der Waals surface area contributed by atoms with Crippen LogP contribution in [0.3, 0.4) is 0 Å². The van der Waals surface area contributed by atoms with Gasteiger partial charge in [-0.3, -0.25) is 9.59 Å². The fourth-order valence-electron chi connectivity index (χ4n) is 3.53. The maximum Gasteiger partial charge on any atom is 0.343 e. The fourth-order valence-corrected chi connectivity index (χ4v) is 4.03. The lowest BCUT2D eigenvalue weighted by atomic mass is 10.1. The number of amides is 2. The Balaban J connectivity index is 1.49. The molecule has 0 bridgehead atoms. The Bertz CT molecular complexity index is 1390. The third kappa shape index (κ3) is 4.91. The normalized spacial score (nSPS) is 13.5. The van der Waals surface area contributed by atoms with Crippen LogP contribution in [0.4, 0.5) is 11.4 Å². The van der Waals surface area contributed by atoms with E-state index in [1.165, 1.54) is 18.2 Å². The lowest BCUT2D eigenvalue weighted by Crippen LogP contribution is -2.32. The van der Waals surface area contributed by atoms with E-state index in [0.29, 0.717) is 32.7 Å². The highest BCUT2D eigenvalue weighted by atomic mass is 35.5. The van der Waals surface area contributed by atoms with Gasteiger partial charge in [0, 0.05) is 15.7 Å². The molecule has 1 heterocycles. The Kier molecular flexibility index (Phi) is 6.90. The average Bonchev–Trinajstić information content (AvgIpc) is 3.03. The summed E-state index contributed by atoms with van der Waals surface area (Å²) in [4.78, 5) is 39.1. The van der Waals surface area contributed by atoms with Crippen molar-refractivity contribution in [3.8, 4) is 5.75 Å². The molecule has 0 atom stereocenters. The number of nitrogens with one attached hydrogen (secondary N) is 1. The number of anilines is 2. The predicted molar refractivity (Wildman–Crippen MR) is 138 cm³/mol. The summed E-state index contributed by atoms with van der Waals surface area (Å²) in [6, 6.07) is 14.5. The number of halogens is 3. The van der Waals surface area contributed by atoms with Gasteiger partial charge in [-0.05, 0) is 86.0 Å². The maximum absolute atomic E-state index is 13.0. The Hall–Kier alpha value is -3.32. The highest BCUT2D eigenvalue weighted by Gasteiger charge is 2.39. The number of aryl methyl sites for hydroxylation is 3. The number of carbonyl (C=O) groups is 3. The number of benzene rings is 3. The number of imide groups is 1. The largest absolute Gasteiger partial charge is 0.423 e. The molecular weight excluding hydrogens is 511 g/mol. The van der Waals surface area contributed by atoms with Gasteiger partial charge in [0.05, 0.1) is 11.3 Å². The molecule has 1 aliphatic heterocycles. The minimum absolute atomic E-state index is 0.0733. The van der Waals surface area contributed by atoms with Gasteiger partial charge in [-0.2, -0.15) is 0 Å². The van der Waals surface area contributed by atoms with E-state index in [-0.39, 0.29) is 10.7 Å². The summed E-state index contributed by atoms with van der Waals surface area (Å²) in [5, 5.41) is 3.67. The molecule has 0 unspecified atom stereocenters. The average molecular weight is 530 g/mol. The number of carbonyl (C=O) groups excluding carboxylic acids is 3. The molecule has 3 aromatic rings. The lowest BCUT2D eigenvalue weighted by molar-refractivity contribution is -0.120. The maximum atomic E-state index is 13.0. The van der Waals surface area contributed by atoms with Gasteiger partial charge in [0.1, 0.15) is 16.5 Å². The molecule has 0 aliphatic carbocycles. The standard InChI is InChI=1S/C26H19Cl3N2O4/c1-13-4-9-18(12-20(13)27)31-24(32)22(29)23(25(31)33)30-17-7-5-16(6-8-17)26(34)35-19-10-14(2)21(28)15(3)11-19/h4-12,30H,1-3H3. The van der Waals surface area contributed by atoms with Crippen molar-refractivity contribution in [2.75, 3.05) is 10.2 Å². The van der Waals surface area contributed by atoms with Crippen molar-refractivity contribution in [3.63, 3.8) is 0 Å². The number of nitrogens with zero attached hydrogens (tertiary/aromatic N) is 1. The summed E-state index contributed by atoms with van der Waals surface area (Å²) in [5.41, 5.74) is 3.41. The molecule has 1 N–H and O–H groups in total. The van der Waals surface area contributed by atoms with Crippen molar-refractivity contribution < 1.29 is 19.1 Å². The molecular formula is C26H19Cl3N2O4. The first-order chi connectivity index (χ1) is 16.6. The topological polar surface area (TPSA) is 75.7 Å². The van der Waals surface area contributed by atoms with E-state index >= 15 is 0 Å². The van der Waals surface area contributed by atoms with Crippen LogP contribution in [0.1, 0.15) is 27.0 Å². The van der Waals surface area contributed by atoms with E-state index in [0.717, 1.165) is 21.6 Å². The van der Waals surface area contributed by atoms with Crippen LogP contribution in [0, 0.1) is 20.8 Å². The molecule has 35 heavy (non-hydrogen) atoms. The quantitative estimate of drug-likeness (QED) is 0.230. The highest BCUT2D eigenvalue weighted by molar-refractivity contribution is 6.53. The van der Waals surface area contributed by atoms with Crippen LogP contribution in [-0.4, -0.2) is 17.8 Å². The molecule has 9 heteroatoms. The number of esters is 1. The van der Waals surface area contributed by atoms with Crippen LogP contribution in [0.25, 0.3) is 0 Å². The molecule has 0 aromatic heterocycles. The van der Waals surface area contributed by atoms with Gasteiger partial charge in [-0.1, -0.05) is 40.9 Å². The van der Waals surface area contributed by atoms with Crippen LogP contribution < -0.4 is 15.0 Å². The van der Waals surface area contributed by atoms with Crippen molar-refractivity contribution in [1.82, 2.24) is 0 Å². The summed E-state index contributed by atoms with van der Waals surface area (Å²) in [6.07, 6.45) is 0. The van der Waals surface area contributed by atoms with Crippen molar-refractivity contribution >= 4 is 64.0 Å².